The lowest BCUT2D eigenvalue weighted by molar-refractivity contribution is -0.138. The van der Waals surface area contributed by atoms with Crippen LogP contribution in [-0.4, -0.2) is 58.8 Å². The molecule has 7 nitrogen and oxygen atoms in total. The van der Waals surface area contributed by atoms with Gasteiger partial charge in [0.15, 0.2) is 5.82 Å². The molecule has 2 amide bonds. The number of carbonyl (C=O) groups is 1. The van der Waals surface area contributed by atoms with Gasteiger partial charge < -0.3 is 10.2 Å². The Hall–Kier alpha value is -2.11. The van der Waals surface area contributed by atoms with Gasteiger partial charge in [-0.3, -0.25) is 14.9 Å². The van der Waals surface area contributed by atoms with Gasteiger partial charge in [-0.1, -0.05) is 6.07 Å². The monoisotopic (exact) mass is 474 g/mol. The molecule has 0 saturated carbocycles. The Balaban J connectivity index is 1.72. The number of aryl methyl sites for hydroxylation is 1. The molecule has 2 aromatic rings. The van der Waals surface area contributed by atoms with Crippen molar-refractivity contribution in [1.29, 1.82) is 0 Å². The zero-order valence-corrected chi connectivity index (χ0v) is 17.6. The van der Waals surface area contributed by atoms with Crippen LogP contribution >= 0.6 is 15.9 Å². The van der Waals surface area contributed by atoms with E-state index < -0.39 is 17.8 Å². The Bertz CT molecular complexity index is 857. The van der Waals surface area contributed by atoms with E-state index in [9.17, 15) is 18.0 Å². The number of halogens is 4. The average molecular weight is 475 g/mol. The fourth-order valence-corrected chi connectivity index (χ4v) is 3.38. The Morgan fingerprint density at radius 3 is 2.41 bits per heavy atom. The minimum atomic E-state index is -4.51. The van der Waals surface area contributed by atoms with Crippen LogP contribution < -0.4 is 10.6 Å². The molecular formula is C18H22BrF3N6O. The number of hydrogen-bond acceptors (Lipinski definition) is 4. The van der Waals surface area contributed by atoms with Crippen molar-refractivity contribution in [3.8, 4) is 0 Å². The summed E-state index contributed by atoms with van der Waals surface area (Å²) in [5, 5.41) is 8.96. The molecule has 1 fully saturated rings. The summed E-state index contributed by atoms with van der Waals surface area (Å²) >= 11 is 3.25. The van der Waals surface area contributed by atoms with Crippen LogP contribution in [0.25, 0.3) is 0 Å². The second-order valence-electron chi connectivity index (χ2n) is 7.00. The highest BCUT2D eigenvalue weighted by molar-refractivity contribution is 9.10. The number of nitrogens with zero attached hydrogens (tertiary/aromatic N) is 4. The fourth-order valence-electron chi connectivity index (χ4n) is 3.09. The highest BCUT2D eigenvalue weighted by Crippen LogP contribution is 2.34. The van der Waals surface area contributed by atoms with E-state index in [0.717, 1.165) is 32.2 Å². The number of anilines is 2. The number of amides is 2. The minimum absolute atomic E-state index is 0.0620. The first kappa shape index (κ1) is 21.6. The van der Waals surface area contributed by atoms with E-state index >= 15 is 0 Å². The van der Waals surface area contributed by atoms with Gasteiger partial charge in [0.2, 0.25) is 0 Å². The Morgan fingerprint density at radius 1 is 1.14 bits per heavy atom. The van der Waals surface area contributed by atoms with Crippen LogP contribution in [0.15, 0.2) is 28.9 Å². The van der Waals surface area contributed by atoms with Crippen LogP contribution in [0, 0.1) is 0 Å². The lowest BCUT2D eigenvalue weighted by Gasteiger charge is -2.33. The van der Waals surface area contributed by atoms with E-state index in [-0.39, 0.29) is 23.6 Å². The smallest absolute Gasteiger partial charge is 0.308 e. The van der Waals surface area contributed by atoms with Crippen molar-refractivity contribution in [3.63, 3.8) is 0 Å². The molecule has 0 radical (unpaired) electrons. The van der Waals surface area contributed by atoms with Gasteiger partial charge in [0, 0.05) is 51.5 Å². The number of carbonyl (C=O) groups excluding carboxylic acids is 1. The third-order valence-corrected chi connectivity index (χ3v) is 5.47. The van der Waals surface area contributed by atoms with Gasteiger partial charge in [-0.2, -0.15) is 18.3 Å². The van der Waals surface area contributed by atoms with E-state index in [4.69, 9.17) is 0 Å². The number of rotatable bonds is 4. The maximum atomic E-state index is 13.6. The molecule has 11 heteroatoms. The van der Waals surface area contributed by atoms with Gasteiger partial charge in [-0.15, -0.1) is 0 Å². The molecule has 0 unspecified atom stereocenters. The second kappa shape index (κ2) is 8.72. The summed E-state index contributed by atoms with van der Waals surface area (Å²) < 4.78 is 43.0. The molecule has 3 rings (SSSR count). The molecule has 0 spiro atoms. The summed E-state index contributed by atoms with van der Waals surface area (Å²) in [5.74, 6) is 0.277. The summed E-state index contributed by atoms with van der Waals surface area (Å²) in [4.78, 5) is 16.3. The number of aromatic nitrogens is 2. The van der Waals surface area contributed by atoms with Gasteiger partial charge in [0.1, 0.15) is 4.60 Å². The van der Waals surface area contributed by atoms with Crippen LogP contribution in [0.3, 0.4) is 0 Å². The predicted molar refractivity (Wildman–Crippen MR) is 108 cm³/mol. The molecule has 2 N–H and O–H groups in total. The molecule has 1 aliphatic heterocycles. The molecule has 1 saturated heterocycles. The largest absolute Gasteiger partial charge is 0.416 e. The number of nitrogens with one attached hydrogen (secondary N) is 2. The van der Waals surface area contributed by atoms with Crippen molar-refractivity contribution in [3.05, 3.63) is 40.0 Å². The lowest BCUT2D eigenvalue weighted by atomic mass is 10.0. The maximum absolute atomic E-state index is 13.6. The van der Waals surface area contributed by atoms with Crippen molar-refractivity contribution in [2.75, 3.05) is 43.9 Å². The summed E-state index contributed by atoms with van der Waals surface area (Å²) in [6, 6.07) is 4.79. The number of hydrogen-bond donors (Lipinski definition) is 2. The number of benzene rings is 1. The van der Waals surface area contributed by atoms with Gasteiger partial charge in [0.05, 0.1) is 5.56 Å². The molecule has 0 bridgehead atoms. The number of likely N-dealkylation sites (N-methyl/N-ethyl adjacent to an activating group) is 1. The first-order valence-electron chi connectivity index (χ1n) is 9.00. The van der Waals surface area contributed by atoms with Crippen molar-refractivity contribution < 1.29 is 18.0 Å². The maximum Gasteiger partial charge on any atom is 0.416 e. The van der Waals surface area contributed by atoms with E-state index in [1.165, 1.54) is 16.8 Å². The molecule has 0 atom stereocenters. The average Bonchev–Trinajstić information content (AvgIpc) is 2.94. The number of alkyl halides is 3. The van der Waals surface area contributed by atoms with Crippen molar-refractivity contribution >= 4 is 33.5 Å². The SMILES string of the molecule is CN1CCN(Cc2ccc(NC(=O)Nc3cc(Br)n(C)n3)cc2C(F)(F)F)CC1. The first-order valence-corrected chi connectivity index (χ1v) is 9.79. The van der Waals surface area contributed by atoms with Crippen molar-refractivity contribution in [2.24, 2.45) is 7.05 Å². The fraction of sp³-hybridized carbons (Fsp3) is 0.444. The van der Waals surface area contributed by atoms with E-state index in [1.807, 2.05) is 11.9 Å². The highest BCUT2D eigenvalue weighted by Gasteiger charge is 2.34. The second-order valence-corrected chi connectivity index (χ2v) is 7.82. The third kappa shape index (κ3) is 5.71. The third-order valence-electron chi connectivity index (χ3n) is 4.73. The Kier molecular flexibility index (Phi) is 6.49. The lowest BCUT2D eigenvalue weighted by Crippen LogP contribution is -2.44. The van der Waals surface area contributed by atoms with Gasteiger partial charge >= 0.3 is 12.2 Å². The van der Waals surface area contributed by atoms with Crippen molar-refractivity contribution in [1.82, 2.24) is 19.6 Å². The van der Waals surface area contributed by atoms with E-state index in [2.05, 4.69) is 36.6 Å². The first-order chi connectivity index (χ1) is 13.6. The summed E-state index contributed by atoms with van der Waals surface area (Å²) in [5.41, 5.74) is -0.483. The van der Waals surface area contributed by atoms with Gasteiger partial charge in [-0.25, -0.2) is 4.79 Å². The molecule has 29 heavy (non-hydrogen) atoms. The van der Waals surface area contributed by atoms with Crippen LogP contribution in [0.1, 0.15) is 11.1 Å². The normalized spacial score (nSPS) is 16.1. The standard InChI is InChI=1S/C18H22BrF3N6O/c1-26-5-7-28(8-6-26)11-12-3-4-13(9-14(12)18(20,21)22)23-17(29)24-16-10-15(19)27(2)25-16/h3-4,9-10H,5-8,11H2,1-2H3,(H2,23,24,25,29). The Morgan fingerprint density at radius 2 is 1.83 bits per heavy atom. The quantitative estimate of drug-likeness (QED) is 0.710. The van der Waals surface area contributed by atoms with E-state index in [0.29, 0.717) is 4.60 Å². The molecular weight excluding hydrogens is 453 g/mol. The summed E-state index contributed by atoms with van der Waals surface area (Å²) in [7, 11) is 3.68. The zero-order valence-electron chi connectivity index (χ0n) is 16.1. The molecule has 0 aliphatic carbocycles. The summed E-state index contributed by atoms with van der Waals surface area (Å²) in [6.07, 6.45) is -4.51. The predicted octanol–water partition coefficient (Wildman–Crippen LogP) is 3.59. The topological polar surface area (TPSA) is 65.4 Å². The highest BCUT2D eigenvalue weighted by atomic mass is 79.9. The summed E-state index contributed by atoms with van der Waals surface area (Å²) in [6.45, 7) is 3.30. The van der Waals surface area contributed by atoms with Crippen LogP contribution in [0.2, 0.25) is 0 Å². The number of urea groups is 1. The molecule has 1 aromatic heterocycles. The van der Waals surface area contributed by atoms with Crippen LogP contribution in [-0.2, 0) is 19.8 Å². The zero-order chi connectivity index (χ0) is 21.2. The molecule has 2 heterocycles. The number of piperazine rings is 1. The van der Waals surface area contributed by atoms with Gasteiger partial charge in [0.25, 0.3) is 0 Å². The van der Waals surface area contributed by atoms with Gasteiger partial charge in [-0.05, 0) is 40.7 Å². The van der Waals surface area contributed by atoms with Crippen molar-refractivity contribution in [2.45, 2.75) is 12.7 Å². The van der Waals surface area contributed by atoms with Crippen LogP contribution in [0.4, 0.5) is 29.5 Å². The van der Waals surface area contributed by atoms with E-state index in [1.54, 1.807) is 13.1 Å². The molecule has 158 valence electrons. The Labute approximate surface area is 175 Å². The molecule has 1 aliphatic rings. The molecule has 1 aromatic carbocycles. The van der Waals surface area contributed by atoms with Crippen LogP contribution in [0.5, 0.6) is 0 Å². The minimum Gasteiger partial charge on any atom is -0.308 e.